The number of ether oxygens (including phenoxy) is 2. The summed E-state index contributed by atoms with van der Waals surface area (Å²) in [5.74, 6) is 1.22. The molecule has 0 radical (unpaired) electrons. The van der Waals surface area contributed by atoms with Crippen molar-refractivity contribution in [1.82, 2.24) is 15.6 Å². The van der Waals surface area contributed by atoms with Crippen LogP contribution in [0.4, 0.5) is 8.78 Å². The Kier molecular flexibility index (Phi) is 7.58. The van der Waals surface area contributed by atoms with E-state index in [-0.39, 0.29) is 12.3 Å². The Hall–Kier alpha value is -2.42. The fourth-order valence-electron chi connectivity index (χ4n) is 2.26. The van der Waals surface area contributed by atoms with Crippen LogP contribution in [0.25, 0.3) is 0 Å². The Morgan fingerprint density at radius 3 is 2.77 bits per heavy atom. The fraction of sp³-hybridized carbons (Fsp3) is 0.412. The van der Waals surface area contributed by atoms with E-state index in [0.29, 0.717) is 23.8 Å². The summed E-state index contributed by atoms with van der Waals surface area (Å²) in [5, 5.41) is 9.31. The van der Waals surface area contributed by atoms with Crippen molar-refractivity contribution in [2.75, 3.05) is 20.7 Å². The van der Waals surface area contributed by atoms with Crippen LogP contribution in [0, 0.1) is 6.92 Å². The van der Waals surface area contributed by atoms with E-state index < -0.39 is 6.61 Å². The lowest BCUT2D eigenvalue weighted by Gasteiger charge is -2.15. The van der Waals surface area contributed by atoms with Crippen molar-refractivity contribution in [2.45, 2.75) is 26.5 Å². The summed E-state index contributed by atoms with van der Waals surface area (Å²) < 4.78 is 34.8. The summed E-state index contributed by atoms with van der Waals surface area (Å²) in [5.41, 5.74) is 1.57. The summed E-state index contributed by atoms with van der Waals surface area (Å²) in [7, 11) is 3.16. The first kappa shape index (κ1) is 19.9. The second-order valence-corrected chi connectivity index (χ2v) is 6.37. The summed E-state index contributed by atoms with van der Waals surface area (Å²) in [6, 6.07) is 4.68. The molecule has 0 aliphatic heterocycles. The number of aromatic nitrogens is 1. The highest BCUT2D eigenvalue weighted by Crippen LogP contribution is 2.25. The SMILES string of the molecule is CN=C(NCCc1csc(C)n1)NCc1cc(OC)ccc1OC(F)F. The number of thiazole rings is 1. The predicted molar refractivity (Wildman–Crippen MR) is 98.4 cm³/mol. The molecule has 0 amide bonds. The smallest absolute Gasteiger partial charge is 0.387 e. The highest BCUT2D eigenvalue weighted by atomic mass is 32.1. The zero-order valence-electron chi connectivity index (χ0n) is 14.9. The third-order valence-electron chi connectivity index (χ3n) is 3.49. The fourth-order valence-corrected chi connectivity index (χ4v) is 2.91. The van der Waals surface area contributed by atoms with Crippen molar-refractivity contribution in [3.05, 3.63) is 39.8 Å². The Labute approximate surface area is 155 Å². The molecule has 0 unspecified atom stereocenters. The second kappa shape index (κ2) is 9.91. The molecule has 142 valence electrons. The molecule has 0 aliphatic rings. The van der Waals surface area contributed by atoms with Crippen molar-refractivity contribution >= 4 is 17.3 Å². The molecule has 0 aliphatic carbocycles. The van der Waals surface area contributed by atoms with Crippen LogP contribution in [0.5, 0.6) is 11.5 Å². The van der Waals surface area contributed by atoms with Gasteiger partial charge in [-0.15, -0.1) is 11.3 Å². The monoisotopic (exact) mass is 384 g/mol. The summed E-state index contributed by atoms with van der Waals surface area (Å²) in [6.07, 6.45) is 0.768. The van der Waals surface area contributed by atoms with Gasteiger partial charge < -0.3 is 20.1 Å². The number of alkyl halides is 2. The molecule has 2 aromatic rings. The topological polar surface area (TPSA) is 67.8 Å². The summed E-state index contributed by atoms with van der Waals surface area (Å²) >= 11 is 1.61. The van der Waals surface area contributed by atoms with Gasteiger partial charge in [-0.3, -0.25) is 4.99 Å². The lowest BCUT2D eigenvalue weighted by Crippen LogP contribution is -2.38. The predicted octanol–water partition coefficient (Wildman–Crippen LogP) is 2.97. The molecule has 0 saturated carbocycles. The van der Waals surface area contributed by atoms with E-state index in [1.54, 1.807) is 30.5 Å². The molecule has 1 aromatic heterocycles. The van der Waals surface area contributed by atoms with E-state index >= 15 is 0 Å². The van der Waals surface area contributed by atoms with E-state index in [4.69, 9.17) is 4.74 Å². The maximum atomic E-state index is 12.6. The van der Waals surface area contributed by atoms with Gasteiger partial charge in [-0.1, -0.05) is 0 Å². The highest BCUT2D eigenvalue weighted by Gasteiger charge is 2.11. The number of halogens is 2. The van der Waals surface area contributed by atoms with Gasteiger partial charge in [0.05, 0.1) is 17.8 Å². The van der Waals surface area contributed by atoms with E-state index in [0.717, 1.165) is 17.1 Å². The number of aliphatic imine (C=N–C) groups is 1. The standard InChI is InChI=1S/C17H22F2N4O2S/c1-11-23-13(10-26-11)6-7-21-17(20-2)22-9-12-8-14(24-3)4-5-15(12)25-16(18)19/h4-5,8,10,16H,6-7,9H2,1-3H3,(H2,20,21,22). The second-order valence-electron chi connectivity index (χ2n) is 5.31. The molecule has 0 fully saturated rings. The van der Waals surface area contributed by atoms with Gasteiger partial charge in [-0.25, -0.2) is 4.98 Å². The third kappa shape index (κ3) is 6.14. The van der Waals surface area contributed by atoms with Gasteiger partial charge in [0, 0.05) is 37.5 Å². The summed E-state index contributed by atoms with van der Waals surface area (Å²) in [4.78, 5) is 8.53. The third-order valence-corrected chi connectivity index (χ3v) is 4.32. The first-order chi connectivity index (χ1) is 12.5. The average molecular weight is 384 g/mol. The highest BCUT2D eigenvalue weighted by molar-refractivity contribution is 7.09. The number of hydrogen-bond donors (Lipinski definition) is 2. The Morgan fingerprint density at radius 1 is 1.35 bits per heavy atom. The van der Waals surface area contributed by atoms with E-state index in [1.165, 1.54) is 13.2 Å². The summed E-state index contributed by atoms with van der Waals surface area (Å²) in [6.45, 7) is -0.00751. The van der Waals surface area contributed by atoms with Crippen molar-refractivity contribution in [1.29, 1.82) is 0 Å². The molecule has 2 rings (SSSR count). The van der Waals surface area contributed by atoms with Crippen LogP contribution in [0.15, 0.2) is 28.6 Å². The van der Waals surface area contributed by atoms with Crippen LogP contribution < -0.4 is 20.1 Å². The van der Waals surface area contributed by atoms with E-state index in [1.807, 2.05) is 12.3 Å². The molecular weight excluding hydrogens is 362 g/mol. The number of rotatable bonds is 8. The van der Waals surface area contributed by atoms with Crippen LogP contribution in [0.3, 0.4) is 0 Å². The number of nitrogens with zero attached hydrogens (tertiary/aromatic N) is 2. The maximum absolute atomic E-state index is 12.6. The number of methoxy groups -OCH3 is 1. The number of aryl methyl sites for hydroxylation is 1. The average Bonchev–Trinajstić information content (AvgIpc) is 3.03. The van der Waals surface area contributed by atoms with Crippen LogP contribution in [-0.4, -0.2) is 38.3 Å². The minimum absolute atomic E-state index is 0.0988. The van der Waals surface area contributed by atoms with Gasteiger partial charge in [0.2, 0.25) is 0 Å². The molecule has 1 heterocycles. The quantitative estimate of drug-likeness (QED) is 0.541. The molecule has 9 heteroatoms. The molecule has 0 bridgehead atoms. The normalized spacial score (nSPS) is 11.5. The first-order valence-electron chi connectivity index (χ1n) is 7.99. The van der Waals surface area contributed by atoms with Crippen molar-refractivity contribution in [3.8, 4) is 11.5 Å². The van der Waals surface area contributed by atoms with Gasteiger partial charge in [0.1, 0.15) is 11.5 Å². The molecule has 26 heavy (non-hydrogen) atoms. The molecule has 0 saturated heterocycles. The van der Waals surface area contributed by atoms with Crippen molar-refractivity contribution in [3.63, 3.8) is 0 Å². The lowest BCUT2D eigenvalue weighted by atomic mass is 10.2. The first-order valence-corrected chi connectivity index (χ1v) is 8.87. The van der Waals surface area contributed by atoms with Crippen molar-refractivity contribution in [2.24, 2.45) is 4.99 Å². The molecule has 6 nitrogen and oxygen atoms in total. The number of guanidine groups is 1. The van der Waals surface area contributed by atoms with Gasteiger partial charge in [0.25, 0.3) is 0 Å². The van der Waals surface area contributed by atoms with Crippen LogP contribution in [-0.2, 0) is 13.0 Å². The van der Waals surface area contributed by atoms with Gasteiger partial charge in [-0.2, -0.15) is 8.78 Å². The largest absolute Gasteiger partial charge is 0.497 e. The molecule has 0 spiro atoms. The van der Waals surface area contributed by atoms with Crippen LogP contribution >= 0.6 is 11.3 Å². The number of hydrogen-bond acceptors (Lipinski definition) is 5. The minimum atomic E-state index is -2.89. The molecule has 1 aromatic carbocycles. The molecule has 2 N–H and O–H groups in total. The number of benzene rings is 1. The van der Waals surface area contributed by atoms with Gasteiger partial charge in [0.15, 0.2) is 5.96 Å². The molecular formula is C17H22F2N4O2S. The van der Waals surface area contributed by atoms with Gasteiger partial charge >= 0.3 is 6.61 Å². The molecule has 0 atom stereocenters. The van der Waals surface area contributed by atoms with Crippen LogP contribution in [0.2, 0.25) is 0 Å². The Bertz CT molecular complexity index is 737. The zero-order valence-corrected chi connectivity index (χ0v) is 15.7. The van der Waals surface area contributed by atoms with E-state index in [9.17, 15) is 8.78 Å². The minimum Gasteiger partial charge on any atom is -0.497 e. The Morgan fingerprint density at radius 2 is 2.15 bits per heavy atom. The van der Waals surface area contributed by atoms with E-state index in [2.05, 4.69) is 25.3 Å². The number of nitrogens with one attached hydrogen (secondary N) is 2. The van der Waals surface area contributed by atoms with Crippen molar-refractivity contribution < 1.29 is 18.3 Å². The maximum Gasteiger partial charge on any atom is 0.387 e. The van der Waals surface area contributed by atoms with Crippen LogP contribution in [0.1, 0.15) is 16.3 Å². The Balaban J connectivity index is 1.92. The lowest BCUT2D eigenvalue weighted by molar-refractivity contribution is -0.0504. The zero-order chi connectivity index (χ0) is 18.9. The van der Waals surface area contributed by atoms with Gasteiger partial charge in [-0.05, 0) is 25.1 Å².